The zero-order valence-electron chi connectivity index (χ0n) is 14.9. The Bertz CT molecular complexity index is 1090. The van der Waals surface area contributed by atoms with Crippen molar-refractivity contribution in [3.05, 3.63) is 63.4 Å². The highest BCUT2D eigenvalue weighted by atomic mass is 35.5. The number of nitro groups is 1. The van der Waals surface area contributed by atoms with E-state index in [4.69, 9.17) is 16.0 Å². The standard InChI is InChI=1S/C20H14ClN3O5/c21-14-5-3-10(8-15(14)24(27)28)16-6-4-13(29-16)9-22-23-19(25)17-11-1-2-12(7-11)18(17)20(23)26/h1-6,8-9,11-12,17-18H,7H2/b22-9-/t11-,12-,17-,18-/m0/s1. The minimum absolute atomic E-state index is 0.0344. The number of amides is 2. The lowest BCUT2D eigenvalue weighted by molar-refractivity contribution is -0.384. The molecule has 8 nitrogen and oxygen atoms in total. The molecule has 146 valence electrons. The molecule has 2 heterocycles. The van der Waals surface area contributed by atoms with E-state index < -0.39 is 4.92 Å². The number of halogens is 1. The minimum atomic E-state index is -0.569. The monoisotopic (exact) mass is 411 g/mol. The second-order valence-electron chi connectivity index (χ2n) is 7.36. The molecule has 1 saturated heterocycles. The van der Waals surface area contributed by atoms with E-state index in [0.717, 1.165) is 11.4 Å². The summed E-state index contributed by atoms with van der Waals surface area (Å²) < 4.78 is 5.65. The Morgan fingerprint density at radius 1 is 1.14 bits per heavy atom. The van der Waals surface area contributed by atoms with Gasteiger partial charge in [-0.3, -0.25) is 19.7 Å². The van der Waals surface area contributed by atoms with Crippen LogP contribution in [0.1, 0.15) is 12.2 Å². The number of allylic oxidation sites excluding steroid dienone is 2. The fourth-order valence-electron chi connectivity index (χ4n) is 4.50. The average Bonchev–Trinajstić information content (AvgIpc) is 3.46. The van der Waals surface area contributed by atoms with Gasteiger partial charge in [-0.2, -0.15) is 10.1 Å². The lowest BCUT2D eigenvalue weighted by Gasteiger charge is -2.13. The van der Waals surface area contributed by atoms with Crippen molar-refractivity contribution in [1.82, 2.24) is 5.01 Å². The molecule has 29 heavy (non-hydrogen) atoms. The van der Waals surface area contributed by atoms with Crippen molar-refractivity contribution in [2.24, 2.45) is 28.8 Å². The van der Waals surface area contributed by atoms with Crippen LogP contribution in [-0.2, 0) is 9.59 Å². The van der Waals surface area contributed by atoms with Crippen molar-refractivity contribution in [3.63, 3.8) is 0 Å². The van der Waals surface area contributed by atoms with Gasteiger partial charge in [0.25, 0.3) is 17.5 Å². The van der Waals surface area contributed by atoms with E-state index in [9.17, 15) is 19.7 Å². The first-order valence-electron chi connectivity index (χ1n) is 9.08. The number of hydrogen-bond donors (Lipinski definition) is 0. The maximum absolute atomic E-state index is 12.6. The number of carbonyl (C=O) groups is 2. The second kappa shape index (κ2) is 6.38. The molecule has 1 saturated carbocycles. The molecule has 0 unspecified atom stereocenters. The summed E-state index contributed by atoms with van der Waals surface area (Å²) in [5.74, 6) is -0.217. The van der Waals surface area contributed by atoms with Crippen LogP contribution in [0.3, 0.4) is 0 Å². The average molecular weight is 412 g/mol. The molecule has 9 heteroatoms. The summed E-state index contributed by atoms with van der Waals surface area (Å²) in [7, 11) is 0. The van der Waals surface area contributed by atoms with Crippen LogP contribution in [0.15, 0.2) is 52.0 Å². The molecule has 5 rings (SSSR count). The van der Waals surface area contributed by atoms with Crippen molar-refractivity contribution in [3.8, 4) is 11.3 Å². The van der Waals surface area contributed by atoms with E-state index >= 15 is 0 Å². The highest BCUT2D eigenvalue weighted by Crippen LogP contribution is 2.52. The quantitative estimate of drug-likeness (QED) is 0.251. The summed E-state index contributed by atoms with van der Waals surface area (Å²) in [5, 5.41) is 16.1. The number of nitrogens with zero attached hydrogens (tertiary/aromatic N) is 3. The molecule has 2 aromatic rings. The SMILES string of the molecule is O=C1[C@@H]2[C@@H](C(=O)N1/N=C\c1ccc(-c3ccc(Cl)c([N+](=O)[O-])c3)o1)[C@H]1C=C[C@H]2C1. The second-order valence-corrected chi connectivity index (χ2v) is 7.77. The molecular formula is C20H14ClN3O5. The predicted octanol–water partition coefficient (Wildman–Crippen LogP) is 3.65. The van der Waals surface area contributed by atoms with Crippen LogP contribution in [0.2, 0.25) is 5.02 Å². The van der Waals surface area contributed by atoms with Gasteiger partial charge in [0.15, 0.2) is 0 Å². The van der Waals surface area contributed by atoms with Gasteiger partial charge in [0.2, 0.25) is 0 Å². The molecule has 2 aliphatic carbocycles. The number of imide groups is 1. The Kier molecular flexibility index (Phi) is 3.92. The largest absolute Gasteiger partial charge is 0.455 e. The van der Waals surface area contributed by atoms with Crippen LogP contribution in [0.25, 0.3) is 11.3 Å². The molecule has 4 atom stereocenters. The Balaban J connectivity index is 1.37. The van der Waals surface area contributed by atoms with Crippen LogP contribution in [0.4, 0.5) is 5.69 Å². The molecule has 1 aromatic heterocycles. The number of hydrogen-bond acceptors (Lipinski definition) is 6. The topological polar surface area (TPSA) is 106 Å². The zero-order valence-corrected chi connectivity index (χ0v) is 15.7. The summed E-state index contributed by atoms with van der Waals surface area (Å²) in [4.78, 5) is 35.7. The maximum atomic E-state index is 12.6. The molecule has 0 spiro atoms. The number of hydrazone groups is 1. The summed E-state index contributed by atoms with van der Waals surface area (Å²) in [6.45, 7) is 0. The van der Waals surface area contributed by atoms with Crippen LogP contribution in [0.5, 0.6) is 0 Å². The third-order valence-electron chi connectivity index (χ3n) is 5.80. The molecule has 0 radical (unpaired) electrons. The van der Waals surface area contributed by atoms with Crippen LogP contribution < -0.4 is 0 Å². The van der Waals surface area contributed by atoms with Crippen LogP contribution >= 0.6 is 11.6 Å². The van der Waals surface area contributed by atoms with Gasteiger partial charge < -0.3 is 4.42 Å². The van der Waals surface area contributed by atoms with E-state index in [1.54, 1.807) is 18.2 Å². The summed E-state index contributed by atoms with van der Waals surface area (Å²) in [6, 6.07) is 7.58. The minimum Gasteiger partial charge on any atom is -0.455 e. The van der Waals surface area contributed by atoms with Gasteiger partial charge in [-0.05, 0) is 42.5 Å². The summed E-state index contributed by atoms with van der Waals surface area (Å²) in [6.07, 6.45) is 6.21. The molecule has 2 amide bonds. The number of carbonyl (C=O) groups excluding carboxylic acids is 2. The first kappa shape index (κ1) is 17.8. The molecule has 0 N–H and O–H groups in total. The van der Waals surface area contributed by atoms with Gasteiger partial charge >= 0.3 is 0 Å². The normalized spacial score (nSPS) is 27.4. The number of rotatable bonds is 4. The Hall–Kier alpha value is -3.26. The van der Waals surface area contributed by atoms with E-state index in [2.05, 4.69) is 5.10 Å². The van der Waals surface area contributed by atoms with E-state index in [1.165, 1.54) is 18.3 Å². The van der Waals surface area contributed by atoms with Crippen molar-refractivity contribution in [2.45, 2.75) is 6.42 Å². The Labute approximate surface area is 169 Å². The number of nitro benzene ring substituents is 1. The van der Waals surface area contributed by atoms with Crippen molar-refractivity contribution >= 4 is 35.3 Å². The number of fused-ring (bicyclic) bond motifs is 5. The van der Waals surface area contributed by atoms with E-state index in [1.807, 2.05) is 12.2 Å². The Morgan fingerprint density at radius 3 is 2.48 bits per heavy atom. The fourth-order valence-corrected chi connectivity index (χ4v) is 4.68. The molecular weight excluding hydrogens is 398 g/mol. The van der Waals surface area contributed by atoms with Gasteiger partial charge in [-0.1, -0.05) is 23.8 Å². The molecule has 3 aliphatic rings. The lowest BCUT2D eigenvalue weighted by atomic mass is 9.85. The molecule has 2 fully saturated rings. The lowest BCUT2D eigenvalue weighted by Crippen LogP contribution is -2.28. The number of benzene rings is 1. The number of furan rings is 1. The van der Waals surface area contributed by atoms with Gasteiger partial charge in [-0.15, -0.1) is 0 Å². The Morgan fingerprint density at radius 2 is 1.83 bits per heavy atom. The third kappa shape index (κ3) is 2.71. The fraction of sp³-hybridized carbons (Fsp3) is 0.250. The highest BCUT2D eigenvalue weighted by molar-refractivity contribution is 6.32. The van der Waals surface area contributed by atoms with Gasteiger partial charge in [0, 0.05) is 11.6 Å². The van der Waals surface area contributed by atoms with Gasteiger partial charge in [-0.25, -0.2) is 0 Å². The molecule has 2 bridgehead atoms. The van der Waals surface area contributed by atoms with Crippen LogP contribution in [-0.4, -0.2) is 28.0 Å². The van der Waals surface area contributed by atoms with E-state index in [-0.39, 0.29) is 46.2 Å². The van der Waals surface area contributed by atoms with Crippen LogP contribution in [0, 0.1) is 33.8 Å². The van der Waals surface area contributed by atoms with Crippen molar-refractivity contribution in [1.29, 1.82) is 0 Å². The zero-order chi connectivity index (χ0) is 20.3. The summed E-state index contributed by atoms with van der Waals surface area (Å²) in [5.41, 5.74) is 0.255. The maximum Gasteiger partial charge on any atom is 0.288 e. The highest BCUT2D eigenvalue weighted by Gasteiger charge is 2.59. The molecule has 1 aliphatic heterocycles. The van der Waals surface area contributed by atoms with Crippen molar-refractivity contribution < 1.29 is 18.9 Å². The van der Waals surface area contributed by atoms with E-state index in [0.29, 0.717) is 17.1 Å². The van der Waals surface area contributed by atoms with Gasteiger partial charge in [0.05, 0.1) is 23.0 Å². The first-order chi connectivity index (χ1) is 13.9. The summed E-state index contributed by atoms with van der Waals surface area (Å²) >= 11 is 5.83. The third-order valence-corrected chi connectivity index (χ3v) is 6.12. The van der Waals surface area contributed by atoms with Crippen molar-refractivity contribution in [2.75, 3.05) is 0 Å². The first-order valence-corrected chi connectivity index (χ1v) is 9.46. The predicted molar refractivity (Wildman–Crippen MR) is 103 cm³/mol. The molecule has 1 aromatic carbocycles. The van der Waals surface area contributed by atoms with Gasteiger partial charge in [0.1, 0.15) is 16.5 Å². The smallest absolute Gasteiger partial charge is 0.288 e.